The zero-order chi connectivity index (χ0) is 22.3. The van der Waals surface area contributed by atoms with Crippen molar-refractivity contribution in [3.63, 3.8) is 0 Å². The molecule has 6 rings (SSSR count). The highest BCUT2D eigenvalue weighted by molar-refractivity contribution is 7.85. The molecule has 6 heteroatoms. The Morgan fingerprint density at radius 1 is 0.875 bits per heavy atom. The lowest BCUT2D eigenvalue weighted by atomic mass is 10.0. The Kier molecular flexibility index (Phi) is 5.53. The van der Waals surface area contributed by atoms with Gasteiger partial charge in [0.15, 0.2) is 0 Å². The summed E-state index contributed by atoms with van der Waals surface area (Å²) in [5, 5.41) is 3.52. The molecule has 1 aliphatic carbocycles. The quantitative estimate of drug-likeness (QED) is 0.451. The van der Waals surface area contributed by atoms with Gasteiger partial charge in [0.25, 0.3) is 10.1 Å². The van der Waals surface area contributed by atoms with E-state index in [0.29, 0.717) is 0 Å². The fourth-order valence-corrected chi connectivity index (χ4v) is 5.58. The van der Waals surface area contributed by atoms with Crippen LogP contribution in [0.4, 0.5) is 5.69 Å². The SMILES string of the molecule is Cc1ccc(S(=O)(=O)O)cc1.c1ccc2c(c1)Cc1cc(N3CC4CNCC4C3)ccc1-2. The van der Waals surface area contributed by atoms with Crippen molar-refractivity contribution in [2.75, 3.05) is 31.1 Å². The van der Waals surface area contributed by atoms with Gasteiger partial charge >= 0.3 is 0 Å². The van der Waals surface area contributed by atoms with Gasteiger partial charge in [0.1, 0.15) is 0 Å². The Bertz CT molecular complexity index is 1230. The smallest absolute Gasteiger partial charge is 0.294 e. The summed E-state index contributed by atoms with van der Waals surface area (Å²) in [6.07, 6.45) is 1.10. The largest absolute Gasteiger partial charge is 0.371 e. The van der Waals surface area contributed by atoms with Crippen LogP contribution in [0.15, 0.2) is 71.6 Å². The van der Waals surface area contributed by atoms with E-state index >= 15 is 0 Å². The third-order valence-electron chi connectivity index (χ3n) is 6.85. The lowest BCUT2D eigenvalue weighted by Gasteiger charge is -2.20. The van der Waals surface area contributed by atoms with Gasteiger partial charge in [-0.1, -0.05) is 48.0 Å². The van der Waals surface area contributed by atoms with Gasteiger partial charge in [0, 0.05) is 31.9 Å². The number of benzene rings is 3. The molecule has 5 nitrogen and oxygen atoms in total. The van der Waals surface area contributed by atoms with Crippen molar-refractivity contribution >= 4 is 15.8 Å². The van der Waals surface area contributed by atoms with E-state index in [1.165, 1.54) is 66.3 Å². The summed E-state index contributed by atoms with van der Waals surface area (Å²) in [7, 11) is -4.02. The van der Waals surface area contributed by atoms with Crippen molar-refractivity contribution in [3.8, 4) is 11.1 Å². The maximum absolute atomic E-state index is 10.5. The molecular formula is C26H28N2O3S. The van der Waals surface area contributed by atoms with Crippen LogP contribution >= 0.6 is 0 Å². The Morgan fingerprint density at radius 2 is 1.53 bits per heavy atom. The van der Waals surface area contributed by atoms with Gasteiger partial charge in [-0.15, -0.1) is 0 Å². The Hall–Kier alpha value is -2.67. The van der Waals surface area contributed by atoms with Crippen LogP contribution in [0, 0.1) is 18.8 Å². The molecule has 2 heterocycles. The zero-order valence-corrected chi connectivity index (χ0v) is 19.0. The Labute approximate surface area is 189 Å². The second-order valence-electron chi connectivity index (χ2n) is 9.05. The fourth-order valence-electron chi connectivity index (χ4n) is 5.10. The molecule has 166 valence electrons. The molecule has 0 bridgehead atoms. The number of hydrogen-bond donors (Lipinski definition) is 2. The van der Waals surface area contributed by atoms with E-state index in [9.17, 15) is 8.42 Å². The van der Waals surface area contributed by atoms with Crippen LogP contribution in [0.1, 0.15) is 16.7 Å². The van der Waals surface area contributed by atoms with E-state index in [-0.39, 0.29) is 4.90 Å². The van der Waals surface area contributed by atoms with Crippen LogP contribution in [-0.2, 0) is 16.5 Å². The summed E-state index contributed by atoms with van der Waals surface area (Å²) in [5.74, 6) is 1.71. The molecule has 2 N–H and O–H groups in total. The van der Waals surface area contributed by atoms with Crippen LogP contribution in [0.5, 0.6) is 0 Å². The summed E-state index contributed by atoms with van der Waals surface area (Å²) < 4.78 is 29.6. The summed E-state index contributed by atoms with van der Waals surface area (Å²) >= 11 is 0. The number of fused-ring (bicyclic) bond motifs is 4. The number of hydrogen-bond acceptors (Lipinski definition) is 4. The third kappa shape index (κ3) is 4.18. The molecule has 0 radical (unpaired) electrons. The second kappa shape index (κ2) is 8.35. The lowest BCUT2D eigenvalue weighted by Crippen LogP contribution is -2.25. The average molecular weight is 449 g/mol. The van der Waals surface area contributed by atoms with Crippen LogP contribution < -0.4 is 10.2 Å². The lowest BCUT2D eigenvalue weighted by molar-refractivity contribution is 0.483. The Balaban J connectivity index is 0.000000168. The summed E-state index contributed by atoms with van der Waals surface area (Å²) in [4.78, 5) is 2.53. The fraction of sp³-hybridized carbons (Fsp3) is 0.308. The minimum Gasteiger partial charge on any atom is -0.371 e. The van der Waals surface area contributed by atoms with Crippen molar-refractivity contribution in [1.82, 2.24) is 5.32 Å². The van der Waals surface area contributed by atoms with Crippen LogP contribution in [0.2, 0.25) is 0 Å². The average Bonchev–Trinajstić information content (AvgIpc) is 3.46. The number of rotatable bonds is 2. The predicted molar refractivity (Wildman–Crippen MR) is 128 cm³/mol. The van der Waals surface area contributed by atoms with Crippen molar-refractivity contribution in [3.05, 3.63) is 83.4 Å². The van der Waals surface area contributed by atoms with Crippen molar-refractivity contribution in [2.45, 2.75) is 18.2 Å². The first-order chi connectivity index (χ1) is 15.4. The third-order valence-corrected chi connectivity index (χ3v) is 7.72. The van der Waals surface area contributed by atoms with Crippen molar-refractivity contribution < 1.29 is 13.0 Å². The van der Waals surface area contributed by atoms with E-state index in [1.807, 2.05) is 6.92 Å². The molecule has 3 aliphatic rings. The molecule has 2 atom stereocenters. The van der Waals surface area contributed by atoms with Gasteiger partial charge in [-0.2, -0.15) is 8.42 Å². The number of nitrogens with zero attached hydrogens (tertiary/aromatic N) is 1. The minimum atomic E-state index is -4.02. The minimum absolute atomic E-state index is 0.0666. The van der Waals surface area contributed by atoms with Crippen molar-refractivity contribution in [1.29, 1.82) is 0 Å². The molecule has 2 saturated heterocycles. The van der Waals surface area contributed by atoms with Crippen LogP contribution in [0.3, 0.4) is 0 Å². The standard InChI is InChI=1S/C19H20N2.C7H8O3S/c1-2-4-18-13(3-1)7-14-8-17(5-6-19(14)18)21-11-15-9-20-10-16(15)12-21;1-6-2-4-7(5-3-6)11(8,9)10/h1-6,8,15-16,20H,7,9-12H2;2-5H,1H3,(H,8,9,10). The number of anilines is 1. The first-order valence-electron chi connectivity index (χ1n) is 11.1. The molecular weight excluding hydrogens is 420 g/mol. The molecule has 2 aliphatic heterocycles. The topological polar surface area (TPSA) is 69.6 Å². The zero-order valence-electron chi connectivity index (χ0n) is 18.2. The normalized spacial score (nSPS) is 20.9. The molecule has 0 saturated carbocycles. The monoisotopic (exact) mass is 448 g/mol. The molecule has 0 amide bonds. The van der Waals surface area contributed by atoms with E-state index in [1.54, 1.807) is 12.1 Å². The van der Waals surface area contributed by atoms with Gasteiger partial charge in [-0.3, -0.25) is 4.55 Å². The number of nitrogens with one attached hydrogen (secondary N) is 1. The first-order valence-corrected chi connectivity index (χ1v) is 12.5. The van der Waals surface area contributed by atoms with E-state index in [4.69, 9.17) is 4.55 Å². The summed E-state index contributed by atoms with van der Waals surface area (Å²) in [6, 6.07) is 21.9. The van der Waals surface area contributed by atoms with E-state index in [0.717, 1.165) is 23.8 Å². The maximum atomic E-state index is 10.5. The molecule has 2 fully saturated rings. The summed E-state index contributed by atoms with van der Waals surface area (Å²) in [6.45, 7) is 6.70. The molecule has 2 unspecified atom stereocenters. The molecule has 0 spiro atoms. The molecule has 3 aromatic carbocycles. The molecule has 3 aromatic rings. The van der Waals surface area contributed by atoms with Crippen LogP contribution in [-0.4, -0.2) is 39.1 Å². The highest BCUT2D eigenvalue weighted by Crippen LogP contribution is 2.39. The maximum Gasteiger partial charge on any atom is 0.294 e. The van der Waals surface area contributed by atoms with E-state index in [2.05, 4.69) is 52.7 Å². The highest BCUT2D eigenvalue weighted by atomic mass is 32.2. The summed E-state index contributed by atoms with van der Waals surface area (Å²) in [5.41, 5.74) is 8.24. The highest BCUT2D eigenvalue weighted by Gasteiger charge is 2.36. The predicted octanol–water partition coefficient (Wildman–Crippen LogP) is 4.16. The second-order valence-corrected chi connectivity index (χ2v) is 10.5. The van der Waals surface area contributed by atoms with Gasteiger partial charge in [0.2, 0.25) is 0 Å². The van der Waals surface area contributed by atoms with Gasteiger partial charge < -0.3 is 10.2 Å². The van der Waals surface area contributed by atoms with Gasteiger partial charge in [0.05, 0.1) is 4.90 Å². The van der Waals surface area contributed by atoms with Crippen LogP contribution in [0.25, 0.3) is 11.1 Å². The van der Waals surface area contributed by atoms with Gasteiger partial charge in [-0.05, 0) is 71.7 Å². The Morgan fingerprint density at radius 3 is 2.22 bits per heavy atom. The van der Waals surface area contributed by atoms with Crippen molar-refractivity contribution in [2.24, 2.45) is 11.8 Å². The number of aryl methyl sites for hydroxylation is 1. The molecule has 32 heavy (non-hydrogen) atoms. The molecule has 0 aromatic heterocycles. The van der Waals surface area contributed by atoms with E-state index < -0.39 is 10.1 Å². The van der Waals surface area contributed by atoms with Gasteiger partial charge in [-0.25, -0.2) is 0 Å². The first kappa shape index (κ1) is 21.2.